The van der Waals surface area contributed by atoms with Crippen molar-refractivity contribution in [2.24, 2.45) is 5.92 Å². The second-order valence-corrected chi connectivity index (χ2v) is 4.43. The normalized spacial score (nSPS) is 22.1. The molecule has 0 aromatic rings. The maximum atomic E-state index is 2.37. The molecule has 1 aliphatic carbocycles. The molecule has 0 radical (unpaired) electrons. The maximum absolute atomic E-state index is 2.37. The number of hydrogen-bond donors (Lipinski definition) is 0. The third-order valence-corrected chi connectivity index (χ3v) is 2.73. The van der Waals surface area contributed by atoms with Crippen molar-refractivity contribution in [1.29, 1.82) is 0 Å². The summed E-state index contributed by atoms with van der Waals surface area (Å²) in [5, 5.41) is 0. The molecule has 0 bridgehead atoms. The van der Waals surface area contributed by atoms with Crippen LogP contribution in [0.1, 0.15) is 19.8 Å². The Morgan fingerprint density at radius 2 is 2.36 bits per heavy atom. The van der Waals surface area contributed by atoms with Crippen LogP contribution in [0.5, 0.6) is 0 Å². The molecule has 76 valence electrons. The van der Waals surface area contributed by atoms with Crippen LogP contribution in [0.25, 0.3) is 0 Å². The summed E-state index contributed by atoms with van der Waals surface area (Å²) in [7, 11) is 0. The Kier molecular flexibility index (Phi) is 5.92. The molecule has 1 atom stereocenters. The molecule has 0 nitrogen and oxygen atoms in total. The van der Waals surface area contributed by atoms with Crippen LogP contribution in [0.3, 0.4) is 0 Å². The van der Waals surface area contributed by atoms with Gasteiger partial charge in [-0.15, -0.1) is 0 Å². The van der Waals surface area contributed by atoms with Gasteiger partial charge < -0.3 is 0 Å². The van der Waals surface area contributed by atoms with Crippen LogP contribution < -0.4 is 0 Å². The van der Waals surface area contributed by atoms with Crippen molar-refractivity contribution in [3.63, 3.8) is 0 Å². The van der Waals surface area contributed by atoms with E-state index in [-0.39, 0.29) is 0 Å². The highest BCUT2D eigenvalue weighted by Crippen LogP contribution is 2.16. The predicted octanol–water partition coefficient (Wildman–Crippen LogP) is 4.45. The van der Waals surface area contributed by atoms with Gasteiger partial charge >= 0.3 is 0 Å². The number of halogens is 1. The Bertz CT molecular complexity index is 269. The van der Waals surface area contributed by atoms with Gasteiger partial charge in [-0.1, -0.05) is 70.7 Å². The molecule has 1 heteroatoms. The van der Waals surface area contributed by atoms with E-state index in [0.29, 0.717) is 5.92 Å². The molecule has 0 fully saturated rings. The van der Waals surface area contributed by atoms with Gasteiger partial charge in [0, 0.05) is 4.43 Å². The Labute approximate surface area is 101 Å². The van der Waals surface area contributed by atoms with Crippen LogP contribution in [0.2, 0.25) is 0 Å². The van der Waals surface area contributed by atoms with E-state index in [9.17, 15) is 0 Å². The lowest BCUT2D eigenvalue weighted by Gasteiger charge is -2.09. The zero-order valence-corrected chi connectivity index (χ0v) is 10.8. The first-order valence-corrected chi connectivity index (χ1v) is 6.58. The van der Waals surface area contributed by atoms with E-state index < -0.39 is 0 Å². The van der Waals surface area contributed by atoms with E-state index in [1.807, 2.05) is 0 Å². The van der Waals surface area contributed by atoms with E-state index in [4.69, 9.17) is 0 Å². The molecule has 1 aliphatic rings. The van der Waals surface area contributed by atoms with E-state index in [0.717, 1.165) is 10.8 Å². The van der Waals surface area contributed by atoms with Crippen molar-refractivity contribution in [1.82, 2.24) is 0 Å². The highest BCUT2D eigenvalue weighted by atomic mass is 127. The lowest BCUT2D eigenvalue weighted by atomic mass is 9.97. The monoisotopic (exact) mass is 300 g/mol. The molecule has 0 amide bonds. The third kappa shape index (κ3) is 4.80. The average molecular weight is 300 g/mol. The lowest BCUT2D eigenvalue weighted by molar-refractivity contribution is 0.669. The topological polar surface area (TPSA) is 0 Å². The summed E-state index contributed by atoms with van der Waals surface area (Å²) >= 11 is 2.37. The van der Waals surface area contributed by atoms with E-state index in [1.165, 1.54) is 12.0 Å². The van der Waals surface area contributed by atoms with Crippen LogP contribution in [0, 0.1) is 5.92 Å². The van der Waals surface area contributed by atoms with Crippen molar-refractivity contribution in [2.75, 3.05) is 4.43 Å². The molecule has 0 aromatic heterocycles. The Morgan fingerprint density at radius 1 is 1.50 bits per heavy atom. The van der Waals surface area contributed by atoms with Gasteiger partial charge in [-0.2, -0.15) is 0 Å². The van der Waals surface area contributed by atoms with Crippen LogP contribution in [-0.2, 0) is 0 Å². The van der Waals surface area contributed by atoms with E-state index in [2.05, 4.69) is 72.0 Å². The quantitative estimate of drug-likeness (QED) is 0.409. The molecule has 0 aliphatic heterocycles. The number of alkyl halides is 1. The largest absolute Gasteiger partial charge is 0.0840 e. The molecular weight excluding hydrogens is 283 g/mol. The molecule has 0 spiro atoms. The maximum Gasteiger partial charge on any atom is 0.0181 e. The molecule has 14 heavy (non-hydrogen) atoms. The van der Waals surface area contributed by atoms with Crippen LogP contribution in [-0.4, -0.2) is 4.43 Å². The smallest absolute Gasteiger partial charge is 0.0181 e. The lowest BCUT2D eigenvalue weighted by Crippen LogP contribution is -1.94. The first kappa shape index (κ1) is 11.8. The molecule has 0 saturated carbocycles. The van der Waals surface area contributed by atoms with Gasteiger partial charge in [0.1, 0.15) is 0 Å². The predicted molar refractivity (Wildman–Crippen MR) is 72.8 cm³/mol. The second-order valence-electron chi connectivity index (χ2n) is 3.55. The first-order valence-electron chi connectivity index (χ1n) is 5.05. The van der Waals surface area contributed by atoms with Crippen LogP contribution in [0.4, 0.5) is 0 Å². The van der Waals surface area contributed by atoms with Gasteiger partial charge in [-0.05, 0) is 25.7 Å². The zero-order chi connectivity index (χ0) is 10.2. The standard InChI is InChI=1S/C13H17I/c1-12(10-11-14)6-5-9-13-7-3-2-4-8-13/h2-7,10,13H,8-9,11H2,1H3/b6-5-,12-10-. The number of hydrogen-bond acceptors (Lipinski definition) is 0. The molecular formula is C13H17I. The van der Waals surface area contributed by atoms with E-state index in [1.54, 1.807) is 0 Å². The second kappa shape index (κ2) is 7.04. The average Bonchev–Trinajstić information content (AvgIpc) is 2.20. The summed E-state index contributed by atoms with van der Waals surface area (Å²) in [6.45, 7) is 2.16. The Hall–Kier alpha value is -0.310. The van der Waals surface area contributed by atoms with Gasteiger partial charge in [-0.25, -0.2) is 0 Å². The van der Waals surface area contributed by atoms with Crippen molar-refractivity contribution in [3.05, 3.63) is 48.1 Å². The fraction of sp³-hybridized carbons (Fsp3) is 0.385. The molecule has 0 aromatic carbocycles. The Morgan fingerprint density at radius 3 is 3.00 bits per heavy atom. The van der Waals surface area contributed by atoms with Crippen molar-refractivity contribution in [3.8, 4) is 0 Å². The van der Waals surface area contributed by atoms with Crippen molar-refractivity contribution >= 4 is 22.6 Å². The zero-order valence-electron chi connectivity index (χ0n) is 8.62. The van der Waals surface area contributed by atoms with Gasteiger partial charge in [0.2, 0.25) is 0 Å². The fourth-order valence-electron chi connectivity index (χ4n) is 1.43. The SMILES string of the molecule is CC(/C=C\CC1C=CC=CC1)=C/CI. The summed E-state index contributed by atoms with van der Waals surface area (Å²) in [6, 6.07) is 0. The van der Waals surface area contributed by atoms with Crippen LogP contribution >= 0.6 is 22.6 Å². The van der Waals surface area contributed by atoms with Gasteiger partial charge in [0.25, 0.3) is 0 Å². The van der Waals surface area contributed by atoms with Gasteiger partial charge in [0.15, 0.2) is 0 Å². The molecule has 0 N–H and O–H groups in total. The van der Waals surface area contributed by atoms with Gasteiger partial charge in [0.05, 0.1) is 0 Å². The number of rotatable bonds is 4. The summed E-state index contributed by atoms with van der Waals surface area (Å²) < 4.78 is 1.10. The van der Waals surface area contributed by atoms with Crippen molar-refractivity contribution < 1.29 is 0 Å². The summed E-state index contributed by atoms with van der Waals surface area (Å²) in [5.41, 5.74) is 1.37. The fourth-order valence-corrected chi connectivity index (χ4v) is 2.12. The molecule has 0 heterocycles. The molecule has 1 rings (SSSR count). The molecule has 0 saturated heterocycles. The first-order chi connectivity index (χ1) is 6.83. The Balaban J connectivity index is 2.29. The summed E-state index contributed by atoms with van der Waals surface area (Å²) in [6.07, 6.45) is 17.9. The number of allylic oxidation sites excluding steroid dienone is 8. The van der Waals surface area contributed by atoms with Crippen molar-refractivity contribution in [2.45, 2.75) is 19.8 Å². The minimum atomic E-state index is 0.712. The van der Waals surface area contributed by atoms with E-state index >= 15 is 0 Å². The molecule has 1 unspecified atom stereocenters. The highest BCUT2D eigenvalue weighted by Gasteiger charge is 2.01. The minimum Gasteiger partial charge on any atom is -0.0840 e. The highest BCUT2D eigenvalue weighted by molar-refractivity contribution is 14.1. The third-order valence-electron chi connectivity index (χ3n) is 2.29. The van der Waals surface area contributed by atoms with Gasteiger partial charge in [-0.3, -0.25) is 0 Å². The van der Waals surface area contributed by atoms with Crippen LogP contribution in [0.15, 0.2) is 48.1 Å². The summed E-state index contributed by atoms with van der Waals surface area (Å²) in [4.78, 5) is 0. The summed E-state index contributed by atoms with van der Waals surface area (Å²) in [5.74, 6) is 0.712. The minimum absolute atomic E-state index is 0.712.